The quantitative estimate of drug-likeness (QED) is 0.552. The first kappa shape index (κ1) is 17.8. The molecule has 0 atom stereocenters. The van der Waals surface area contributed by atoms with E-state index in [1.165, 1.54) is 6.07 Å². The molecule has 0 bridgehead atoms. The summed E-state index contributed by atoms with van der Waals surface area (Å²) >= 11 is 0. The smallest absolute Gasteiger partial charge is 0.295 e. The molecule has 1 saturated heterocycles. The summed E-state index contributed by atoms with van der Waals surface area (Å²) in [5.41, 5.74) is 1.93. The molecule has 7 nitrogen and oxygen atoms in total. The third kappa shape index (κ3) is 3.46. The lowest BCUT2D eigenvalue weighted by Gasteiger charge is -2.37. The highest BCUT2D eigenvalue weighted by molar-refractivity contribution is 5.71. The normalized spacial score (nSPS) is 14.1. The average Bonchev–Trinajstić information content (AvgIpc) is 2.74. The second kappa shape index (κ2) is 7.56. The standard InChI is InChI=1S/C21H20N4O3/c26-19-9-5-4-8-17(19)23-12-14-24(15-13-23)20-11-10-18(25(27)28)21(22-20)16-6-2-1-3-7-16/h1-11,26H,12-15H2. The Morgan fingerprint density at radius 1 is 0.857 bits per heavy atom. The fourth-order valence-electron chi connectivity index (χ4n) is 3.48. The fraction of sp³-hybridized carbons (Fsp3) is 0.190. The number of hydrogen-bond donors (Lipinski definition) is 1. The number of para-hydroxylation sites is 2. The first-order chi connectivity index (χ1) is 13.6. The molecule has 3 aromatic rings. The molecule has 0 saturated carbocycles. The van der Waals surface area contributed by atoms with Crippen LogP contribution in [0.4, 0.5) is 17.2 Å². The van der Waals surface area contributed by atoms with Crippen molar-refractivity contribution in [1.29, 1.82) is 0 Å². The van der Waals surface area contributed by atoms with Crippen LogP contribution in [-0.4, -0.2) is 41.2 Å². The molecule has 1 aliphatic heterocycles. The monoisotopic (exact) mass is 376 g/mol. The van der Waals surface area contributed by atoms with Gasteiger partial charge >= 0.3 is 0 Å². The number of aromatic hydroxyl groups is 1. The zero-order valence-corrected chi connectivity index (χ0v) is 15.2. The molecule has 2 heterocycles. The number of anilines is 2. The summed E-state index contributed by atoms with van der Waals surface area (Å²) in [6.07, 6.45) is 0. The van der Waals surface area contributed by atoms with Gasteiger partial charge < -0.3 is 14.9 Å². The largest absolute Gasteiger partial charge is 0.506 e. The van der Waals surface area contributed by atoms with Gasteiger partial charge in [-0.1, -0.05) is 42.5 Å². The zero-order valence-electron chi connectivity index (χ0n) is 15.2. The van der Waals surface area contributed by atoms with E-state index in [4.69, 9.17) is 0 Å². The lowest BCUT2D eigenvalue weighted by atomic mass is 10.1. The number of hydrogen-bond acceptors (Lipinski definition) is 6. The molecule has 142 valence electrons. The first-order valence-corrected chi connectivity index (χ1v) is 9.12. The fourth-order valence-corrected chi connectivity index (χ4v) is 3.48. The molecule has 1 N–H and O–H groups in total. The molecule has 0 amide bonds. The number of phenolic OH excluding ortho intramolecular Hbond substituents is 1. The second-order valence-electron chi connectivity index (χ2n) is 6.62. The van der Waals surface area contributed by atoms with Gasteiger partial charge in [-0.25, -0.2) is 4.98 Å². The summed E-state index contributed by atoms with van der Waals surface area (Å²) in [4.78, 5) is 19.9. The van der Waals surface area contributed by atoms with E-state index in [-0.39, 0.29) is 11.4 Å². The van der Waals surface area contributed by atoms with E-state index in [0.29, 0.717) is 18.8 Å². The molecule has 1 aliphatic rings. The Kier molecular flexibility index (Phi) is 4.80. The van der Waals surface area contributed by atoms with Crippen molar-refractivity contribution in [3.8, 4) is 17.0 Å². The third-order valence-corrected chi connectivity index (χ3v) is 4.93. The molecule has 28 heavy (non-hydrogen) atoms. The van der Waals surface area contributed by atoms with Crippen LogP contribution < -0.4 is 9.80 Å². The van der Waals surface area contributed by atoms with Crippen molar-refractivity contribution in [1.82, 2.24) is 4.98 Å². The van der Waals surface area contributed by atoms with Gasteiger partial charge in [0.15, 0.2) is 5.69 Å². The van der Waals surface area contributed by atoms with Gasteiger partial charge in [0.05, 0.1) is 10.6 Å². The van der Waals surface area contributed by atoms with Crippen LogP contribution in [0.3, 0.4) is 0 Å². The van der Waals surface area contributed by atoms with Gasteiger partial charge in [0.2, 0.25) is 0 Å². The molecule has 7 heteroatoms. The van der Waals surface area contributed by atoms with Crippen LogP contribution in [0, 0.1) is 10.1 Å². The van der Waals surface area contributed by atoms with Gasteiger partial charge in [0.1, 0.15) is 11.6 Å². The van der Waals surface area contributed by atoms with E-state index in [1.54, 1.807) is 18.2 Å². The van der Waals surface area contributed by atoms with Gasteiger partial charge in [0.25, 0.3) is 5.69 Å². The Bertz CT molecular complexity index is 986. The van der Waals surface area contributed by atoms with Crippen LogP contribution in [0.1, 0.15) is 0 Å². The number of nitro groups is 1. The molecule has 2 aromatic carbocycles. The minimum absolute atomic E-state index is 0.00259. The van der Waals surface area contributed by atoms with Crippen molar-refractivity contribution in [2.45, 2.75) is 0 Å². The van der Waals surface area contributed by atoms with Crippen molar-refractivity contribution >= 4 is 17.2 Å². The highest BCUT2D eigenvalue weighted by atomic mass is 16.6. The van der Waals surface area contributed by atoms with Crippen LogP contribution >= 0.6 is 0 Å². The summed E-state index contributed by atoms with van der Waals surface area (Å²) < 4.78 is 0. The van der Waals surface area contributed by atoms with Crippen LogP contribution in [0.5, 0.6) is 5.75 Å². The van der Waals surface area contributed by atoms with E-state index >= 15 is 0 Å². The first-order valence-electron chi connectivity index (χ1n) is 9.12. The van der Waals surface area contributed by atoms with Crippen molar-refractivity contribution in [2.75, 3.05) is 36.0 Å². The van der Waals surface area contributed by atoms with E-state index in [9.17, 15) is 15.2 Å². The summed E-state index contributed by atoms with van der Waals surface area (Å²) in [5, 5.41) is 21.5. The van der Waals surface area contributed by atoms with E-state index in [2.05, 4.69) is 14.8 Å². The van der Waals surface area contributed by atoms with Gasteiger partial charge in [-0.05, 0) is 18.2 Å². The zero-order chi connectivity index (χ0) is 19.5. The highest BCUT2D eigenvalue weighted by Crippen LogP contribution is 2.32. The Morgan fingerprint density at radius 3 is 2.18 bits per heavy atom. The minimum atomic E-state index is -0.394. The Balaban J connectivity index is 1.57. The minimum Gasteiger partial charge on any atom is -0.506 e. The molecular formula is C21H20N4O3. The average molecular weight is 376 g/mol. The Morgan fingerprint density at radius 2 is 1.50 bits per heavy atom. The predicted octanol–water partition coefficient (Wildman–Crippen LogP) is 3.69. The van der Waals surface area contributed by atoms with Gasteiger partial charge in [0, 0.05) is 37.8 Å². The number of nitrogens with zero attached hydrogens (tertiary/aromatic N) is 4. The van der Waals surface area contributed by atoms with Gasteiger partial charge in [-0.15, -0.1) is 0 Å². The summed E-state index contributed by atoms with van der Waals surface area (Å²) in [7, 11) is 0. The molecule has 1 fully saturated rings. The van der Waals surface area contributed by atoms with Crippen molar-refractivity contribution in [3.63, 3.8) is 0 Å². The van der Waals surface area contributed by atoms with Gasteiger partial charge in [-0.2, -0.15) is 0 Å². The number of aromatic nitrogens is 1. The lowest BCUT2D eigenvalue weighted by Crippen LogP contribution is -2.46. The highest BCUT2D eigenvalue weighted by Gasteiger charge is 2.23. The van der Waals surface area contributed by atoms with Crippen LogP contribution in [0.15, 0.2) is 66.7 Å². The van der Waals surface area contributed by atoms with Crippen molar-refractivity contribution in [3.05, 3.63) is 76.8 Å². The maximum absolute atomic E-state index is 11.4. The number of piperazine rings is 1. The van der Waals surface area contributed by atoms with E-state index < -0.39 is 4.92 Å². The van der Waals surface area contributed by atoms with Crippen LogP contribution in [-0.2, 0) is 0 Å². The topological polar surface area (TPSA) is 82.7 Å². The maximum Gasteiger partial charge on any atom is 0.295 e. The number of pyridine rings is 1. The van der Waals surface area contributed by atoms with Crippen LogP contribution in [0.2, 0.25) is 0 Å². The molecule has 1 aromatic heterocycles. The van der Waals surface area contributed by atoms with Gasteiger partial charge in [-0.3, -0.25) is 10.1 Å². The molecule has 0 aliphatic carbocycles. The summed E-state index contributed by atoms with van der Waals surface area (Å²) in [6, 6.07) is 19.8. The Labute approximate surface area is 162 Å². The lowest BCUT2D eigenvalue weighted by molar-refractivity contribution is -0.384. The maximum atomic E-state index is 11.4. The molecule has 0 radical (unpaired) electrons. The van der Waals surface area contributed by atoms with Crippen LogP contribution in [0.25, 0.3) is 11.3 Å². The molecule has 0 spiro atoms. The summed E-state index contributed by atoms with van der Waals surface area (Å²) in [6.45, 7) is 2.90. The third-order valence-electron chi connectivity index (χ3n) is 4.93. The van der Waals surface area contributed by atoms with E-state index in [1.807, 2.05) is 42.5 Å². The van der Waals surface area contributed by atoms with Crippen molar-refractivity contribution < 1.29 is 10.0 Å². The number of rotatable bonds is 4. The predicted molar refractivity (Wildman–Crippen MR) is 109 cm³/mol. The summed E-state index contributed by atoms with van der Waals surface area (Å²) in [5.74, 6) is 0.997. The van der Waals surface area contributed by atoms with E-state index in [0.717, 1.165) is 30.2 Å². The number of benzene rings is 2. The molecular weight excluding hydrogens is 356 g/mol. The Hall–Kier alpha value is -3.61. The number of phenols is 1. The SMILES string of the molecule is O=[N+]([O-])c1ccc(N2CCN(c3ccccc3O)CC2)nc1-c1ccccc1. The molecule has 0 unspecified atom stereocenters. The van der Waals surface area contributed by atoms with Crippen molar-refractivity contribution in [2.24, 2.45) is 0 Å². The molecule has 4 rings (SSSR count). The second-order valence-corrected chi connectivity index (χ2v) is 6.62.